The van der Waals surface area contributed by atoms with Crippen molar-refractivity contribution in [2.75, 3.05) is 0 Å². The Morgan fingerprint density at radius 3 is 2.55 bits per heavy atom. The van der Waals surface area contributed by atoms with E-state index in [0.29, 0.717) is 38.2 Å². The average Bonchev–Trinajstić information content (AvgIpc) is 3.14. The van der Waals surface area contributed by atoms with E-state index < -0.39 is 23.3 Å². The van der Waals surface area contributed by atoms with Gasteiger partial charge in [-0.25, -0.2) is 23.5 Å². The van der Waals surface area contributed by atoms with Gasteiger partial charge in [-0.05, 0) is 39.8 Å². The molecule has 0 saturated heterocycles. The largest absolute Gasteiger partial charge is 0.507 e. The first kappa shape index (κ1) is 24.4. The van der Waals surface area contributed by atoms with Crippen molar-refractivity contribution in [2.45, 2.75) is 31.5 Å². The van der Waals surface area contributed by atoms with Gasteiger partial charge in [0.2, 0.25) is 0 Å². The molecule has 38 heavy (non-hydrogen) atoms. The lowest BCUT2D eigenvalue weighted by Crippen LogP contribution is -2.40. The zero-order chi connectivity index (χ0) is 26.7. The van der Waals surface area contributed by atoms with E-state index in [2.05, 4.69) is 0 Å². The van der Waals surface area contributed by atoms with Gasteiger partial charge in [-0.2, -0.15) is 0 Å². The van der Waals surface area contributed by atoms with Crippen LogP contribution in [0.2, 0.25) is 0 Å². The molecule has 3 aliphatic rings. The second-order valence-corrected chi connectivity index (χ2v) is 10.6. The van der Waals surface area contributed by atoms with Crippen molar-refractivity contribution in [3.8, 4) is 11.5 Å². The number of ketones is 2. The number of ether oxygens (including phenoxy) is 1. The van der Waals surface area contributed by atoms with Gasteiger partial charge in [-0.3, -0.25) is 9.59 Å². The molecular weight excluding hydrogens is 601 g/mol. The molecule has 2 atom stereocenters. The number of carbonyl (C=O) groups excluding carboxylic acids is 2. The number of phenolic OH excluding ortho intramolecular Hbond substituents is 1. The van der Waals surface area contributed by atoms with Crippen LogP contribution in [0, 0.1) is 0 Å². The first-order valence-electron chi connectivity index (χ1n) is 12.0. The van der Waals surface area contributed by atoms with Crippen molar-refractivity contribution in [1.82, 2.24) is 13.9 Å². The summed E-state index contributed by atoms with van der Waals surface area (Å²) in [7, 11) is 1.41. The molecule has 0 spiro atoms. The predicted molar refractivity (Wildman–Crippen MR) is 146 cm³/mol. The lowest BCUT2D eigenvalue weighted by molar-refractivity contribution is -0.115. The van der Waals surface area contributed by atoms with Crippen molar-refractivity contribution in [3.05, 3.63) is 113 Å². The lowest BCUT2D eigenvalue weighted by Gasteiger charge is -2.39. The van der Waals surface area contributed by atoms with Gasteiger partial charge in [0.15, 0.2) is 11.6 Å². The highest BCUT2D eigenvalue weighted by atomic mass is 127. The van der Waals surface area contributed by atoms with Crippen molar-refractivity contribution in [1.29, 1.82) is 0 Å². The van der Waals surface area contributed by atoms with Gasteiger partial charge in [0.1, 0.15) is 18.1 Å². The van der Waals surface area contributed by atoms with E-state index in [1.165, 1.54) is 28.6 Å². The number of allylic oxidation sites excluding steroid dienone is 6. The molecule has 1 aliphatic heterocycles. The molecule has 10 heteroatoms. The molecule has 1 aromatic heterocycles. The number of rotatable bonds is 4. The molecule has 1 N–H and O–H groups in total. The van der Waals surface area contributed by atoms with Gasteiger partial charge < -0.3 is 9.84 Å². The first-order valence-corrected chi connectivity index (χ1v) is 13.1. The van der Waals surface area contributed by atoms with Crippen molar-refractivity contribution < 1.29 is 19.4 Å². The number of fused-ring (bicyclic) bond motifs is 3. The molecule has 0 unspecified atom stereocenters. The van der Waals surface area contributed by atoms with Crippen molar-refractivity contribution in [3.63, 3.8) is 0 Å². The second-order valence-electron chi connectivity index (χ2n) is 9.48. The van der Waals surface area contributed by atoms with Gasteiger partial charge >= 0.3 is 11.4 Å². The Labute approximate surface area is 230 Å². The molecule has 2 aliphatic carbocycles. The highest BCUT2D eigenvalue weighted by Crippen LogP contribution is 2.52. The maximum absolute atomic E-state index is 13.4. The summed E-state index contributed by atoms with van der Waals surface area (Å²) >= 11 is 1.86. The normalized spacial score (nSPS) is 20.4. The molecule has 0 saturated carbocycles. The molecule has 2 aromatic carbocycles. The maximum Gasteiger partial charge on any atom is 0.347 e. The first-order chi connectivity index (χ1) is 18.3. The summed E-state index contributed by atoms with van der Waals surface area (Å²) in [4.78, 5) is 52.2. The number of nitrogens with zero attached hydrogens (tertiary/aromatic N) is 3. The Morgan fingerprint density at radius 1 is 1.05 bits per heavy atom. The Hall–Kier alpha value is -3.93. The summed E-state index contributed by atoms with van der Waals surface area (Å²) < 4.78 is 9.89. The smallest absolute Gasteiger partial charge is 0.347 e. The molecule has 9 nitrogen and oxygen atoms in total. The quantitative estimate of drug-likeness (QED) is 0.272. The maximum atomic E-state index is 13.4. The number of benzene rings is 2. The van der Waals surface area contributed by atoms with Crippen molar-refractivity contribution >= 4 is 34.2 Å². The number of hydrogen-bond donors (Lipinski definition) is 1. The summed E-state index contributed by atoms with van der Waals surface area (Å²) in [5, 5.41) is 11.2. The van der Waals surface area contributed by atoms with E-state index in [4.69, 9.17) is 4.74 Å². The second kappa shape index (κ2) is 9.12. The summed E-state index contributed by atoms with van der Waals surface area (Å²) in [6.45, 7) is 0.448. The number of aromatic nitrogens is 3. The number of hydrogen-bond acceptors (Lipinski definition) is 6. The van der Waals surface area contributed by atoms with Crippen LogP contribution in [0.25, 0.3) is 0 Å². The van der Waals surface area contributed by atoms with E-state index in [0.717, 1.165) is 10.1 Å². The summed E-state index contributed by atoms with van der Waals surface area (Å²) in [6, 6.07) is 13.9. The van der Waals surface area contributed by atoms with Gasteiger partial charge in [-0.1, -0.05) is 42.5 Å². The fourth-order valence-electron chi connectivity index (χ4n) is 5.53. The zero-order valence-electron chi connectivity index (χ0n) is 20.3. The van der Waals surface area contributed by atoms with E-state index >= 15 is 0 Å². The van der Waals surface area contributed by atoms with Gasteiger partial charge in [0.25, 0.3) is 0 Å². The molecule has 192 valence electrons. The Bertz CT molecular complexity index is 1740. The topological polar surface area (TPSA) is 113 Å². The Balaban J connectivity index is 1.46. The van der Waals surface area contributed by atoms with Crippen LogP contribution in [0.3, 0.4) is 0 Å². The SMILES string of the molecule is Cn1c(=O)n2n(c1=O)[C@@H]1CC3=C(C(=O)C(I)=CC3=O)[C@@H](c3ccc(OCc4ccccc4)cc3O)C1=CC2. The zero-order valence-corrected chi connectivity index (χ0v) is 22.4. The Kier molecular flexibility index (Phi) is 5.86. The number of carbonyl (C=O) groups is 2. The van der Waals surface area contributed by atoms with Crippen LogP contribution >= 0.6 is 22.6 Å². The van der Waals surface area contributed by atoms with Gasteiger partial charge in [0.05, 0.1) is 16.2 Å². The number of phenols is 1. The molecule has 0 bridgehead atoms. The molecule has 0 radical (unpaired) electrons. The number of aromatic hydroxyl groups is 1. The standard InChI is InChI=1S/C28H22IN3O6/c1-30-27(36)31-10-9-17-21(32(31)28(30)37)12-19-23(34)13-20(29)26(35)25(19)24(17)18-8-7-16(11-22(18)33)38-14-15-5-3-2-4-6-15/h2-9,11,13,21,24,33H,10,12,14H2,1H3/t21-,24-/m1/s1. The van der Waals surface area contributed by atoms with Crippen LogP contribution in [0.1, 0.15) is 29.5 Å². The molecule has 2 heterocycles. The van der Waals surface area contributed by atoms with Crippen LogP contribution in [0.5, 0.6) is 11.5 Å². The van der Waals surface area contributed by atoms with Gasteiger partial charge in [-0.15, -0.1) is 0 Å². The lowest BCUT2D eigenvalue weighted by atomic mass is 9.68. The van der Waals surface area contributed by atoms with E-state index in [1.54, 1.807) is 12.1 Å². The summed E-state index contributed by atoms with van der Waals surface area (Å²) in [5.41, 5.74) is 1.73. The third kappa shape index (κ3) is 3.73. The highest BCUT2D eigenvalue weighted by Gasteiger charge is 2.45. The van der Waals surface area contributed by atoms with Crippen LogP contribution in [0.15, 0.2) is 90.6 Å². The fraction of sp³-hybridized carbons (Fsp3) is 0.214. The summed E-state index contributed by atoms with van der Waals surface area (Å²) in [5.74, 6) is -1.00. The van der Waals surface area contributed by atoms with Crippen LogP contribution in [-0.4, -0.2) is 30.6 Å². The van der Waals surface area contributed by atoms with Crippen molar-refractivity contribution in [2.24, 2.45) is 7.05 Å². The number of halogens is 1. The van der Waals surface area contributed by atoms with Crippen LogP contribution < -0.4 is 16.1 Å². The minimum atomic E-state index is -0.766. The van der Waals surface area contributed by atoms with E-state index in [-0.39, 0.29) is 30.3 Å². The number of Topliss-reactive ketones (excluding diaryl/α,β-unsaturated/α-hetero) is 1. The van der Waals surface area contributed by atoms with E-state index in [1.807, 2.05) is 59.0 Å². The minimum Gasteiger partial charge on any atom is -0.507 e. The van der Waals surface area contributed by atoms with Crippen LogP contribution in [0.4, 0.5) is 0 Å². The van der Waals surface area contributed by atoms with E-state index in [9.17, 15) is 24.3 Å². The summed E-state index contributed by atoms with van der Waals surface area (Å²) in [6.07, 6.45) is 3.23. The van der Waals surface area contributed by atoms with Crippen LogP contribution in [-0.2, 0) is 29.8 Å². The molecule has 3 aromatic rings. The molecule has 0 fully saturated rings. The third-order valence-corrected chi connectivity index (χ3v) is 8.15. The highest BCUT2D eigenvalue weighted by molar-refractivity contribution is 14.1. The molecule has 0 amide bonds. The molecule has 6 rings (SSSR count). The fourth-order valence-corrected chi connectivity index (χ4v) is 6.10. The predicted octanol–water partition coefficient (Wildman–Crippen LogP) is 3.07. The molecular formula is C28H22IN3O6. The monoisotopic (exact) mass is 623 g/mol. The van der Waals surface area contributed by atoms with Gasteiger partial charge in [0, 0.05) is 48.2 Å². The average molecular weight is 623 g/mol. The third-order valence-electron chi connectivity index (χ3n) is 7.35. The Morgan fingerprint density at radius 2 is 1.82 bits per heavy atom. The minimum absolute atomic E-state index is 0.0952.